The van der Waals surface area contributed by atoms with Gasteiger partial charge in [0.05, 0.1) is 0 Å². The zero-order chi connectivity index (χ0) is 4.83. The van der Waals surface area contributed by atoms with E-state index in [4.69, 9.17) is 5.73 Å². The van der Waals surface area contributed by atoms with Gasteiger partial charge in [-0.2, -0.15) is 0 Å². The van der Waals surface area contributed by atoms with Crippen LogP contribution in [0.2, 0.25) is 0 Å². The van der Waals surface area contributed by atoms with E-state index in [0.29, 0.717) is 0 Å². The molecule has 0 aliphatic carbocycles. The molecule has 0 amide bonds. The van der Waals surface area contributed by atoms with E-state index in [0.717, 1.165) is 19.4 Å². The fraction of sp³-hybridized carbons (Fsp3) is 0.600. The van der Waals surface area contributed by atoms with E-state index in [2.05, 4.69) is 6.58 Å². The Balaban J connectivity index is -0.000000125. The molecule has 0 bridgehead atoms. The monoisotopic (exact) mass is 119 g/mol. The molecule has 8 N–H and O–H groups in total. The molecular formula is C5H17N3. The average Bonchev–Trinajstić information content (AvgIpc) is 1.61. The standard InChI is InChI=1S/C5H11N.2H3N/c1-2-3-4-5-6;;/h2H,1,3-6H2;2*1H3. The molecule has 0 atom stereocenters. The molecule has 0 saturated heterocycles. The largest absolute Gasteiger partial charge is 0.344 e. The van der Waals surface area contributed by atoms with Crippen LogP contribution < -0.4 is 18.0 Å². The van der Waals surface area contributed by atoms with Crippen molar-refractivity contribution < 1.29 is 0 Å². The molecule has 0 aromatic rings. The Bertz CT molecular complexity index is 36.7. The average molecular weight is 119 g/mol. The third-order valence-electron chi connectivity index (χ3n) is 0.612. The van der Waals surface area contributed by atoms with E-state index < -0.39 is 0 Å². The molecule has 0 aliphatic rings. The Kier molecular flexibility index (Phi) is 31.2. The van der Waals surface area contributed by atoms with Crippen molar-refractivity contribution in [3.05, 3.63) is 12.7 Å². The summed E-state index contributed by atoms with van der Waals surface area (Å²) in [5.74, 6) is 0. The molecule has 0 aromatic carbocycles. The van der Waals surface area contributed by atoms with Crippen LogP contribution in [-0.2, 0) is 0 Å². The summed E-state index contributed by atoms with van der Waals surface area (Å²) in [7, 11) is 0. The zero-order valence-corrected chi connectivity index (χ0v) is 5.40. The Morgan fingerprint density at radius 3 is 2.00 bits per heavy atom. The Hall–Kier alpha value is -0.380. The van der Waals surface area contributed by atoms with Crippen molar-refractivity contribution in [1.82, 2.24) is 12.3 Å². The lowest BCUT2D eigenvalue weighted by atomic mass is 10.3. The third-order valence-corrected chi connectivity index (χ3v) is 0.612. The predicted molar refractivity (Wildman–Crippen MR) is 38.5 cm³/mol. The van der Waals surface area contributed by atoms with Gasteiger partial charge in [0, 0.05) is 0 Å². The maximum Gasteiger partial charge on any atom is -0.00743 e. The molecule has 0 saturated carbocycles. The van der Waals surface area contributed by atoms with Crippen molar-refractivity contribution in [3.63, 3.8) is 0 Å². The fourth-order valence-electron chi connectivity index (χ4n) is 0.262. The first-order valence-electron chi connectivity index (χ1n) is 2.22. The van der Waals surface area contributed by atoms with E-state index in [1.807, 2.05) is 6.08 Å². The fourth-order valence-corrected chi connectivity index (χ4v) is 0.262. The van der Waals surface area contributed by atoms with E-state index in [1.165, 1.54) is 0 Å². The first-order chi connectivity index (χ1) is 2.91. The maximum absolute atomic E-state index is 5.17. The second kappa shape index (κ2) is 16.0. The lowest BCUT2D eigenvalue weighted by molar-refractivity contribution is 0.856. The number of allylic oxidation sites excluding steroid dienone is 1. The number of rotatable bonds is 3. The zero-order valence-electron chi connectivity index (χ0n) is 5.40. The SMILES string of the molecule is C=CCCCN.N.N. The van der Waals surface area contributed by atoms with E-state index in [1.54, 1.807) is 0 Å². The molecule has 0 spiro atoms. The van der Waals surface area contributed by atoms with Crippen LogP contribution >= 0.6 is 0 Å². The van der Waals surface area contributed by atoms with E-state index in [-0.39, 0.29) is 12.3 Å². The molecule has 8 heavy (non-hydrogen) atoms. The van der Waals surface area contributed by atoms with Gasteiger partial charge in [0.2, 0.25) is 0 Å². The van der Waals surface area contributed by atoms with Crippen LogP contribution in [0.15, 0.2) is 12.7 Å². The van der Waals surface area contributed by atoms with Gasteiger partial charge in [-0.25, -0.2) is 0 Å². The molecule has 0 heterocycles. The van der Waals surface area contributed by atoms with Crippen molar-refractivity contribution >= 4 is 0 Å². The molecule has 0 rings (SSSR count). The van der Waals surface area contributed by atoms with Crippen LogP contribution in [0.25, 0.3) is 0 Å². The van der Waals surface area contributed by atoms with Gasteiger partial charge < -0.3 is 18.0 Å². The van der Waals surface area contributed by atoms with E-state index in [9.17, 15) is 0 Å². The molecule has 0 unspecified atom stereocenters. The highest BCUT2D eigenvalue weighted by Gasteiger charge is 1.71. The van der Waals surface area contributed by atoms with E-state index >= 15 is 0 Å². The second-order valence-electron chi connectivity index (χ2n) is 1.22. The smallest absolute Gasteiger partial charge is 0.00743 e. The summed E-state index contributed by atoms with van der Waals surface area (Å²) in [4.78, 5) is 0. The Labute approximate surface area is 51.1 Å². The van der Waals surface area contributed by atoms with Crippen LogP contribution in [0, 0.1) is 0 Å². The minimum Gasteiger partial charge on any atom is -0.344 e. The van der Waals surface area contributed by atoms with Crippen LogP contribution in [0.5, 0.6) is 0 Å². The third kappa shape index (κ3) is 17.5. The minimum absolute atomic E-state index is 0. The van der Waals surface area contributed by atoms with Gasteiger partial charge in [-0.3, -0.25) is 0 Å². The van der Waals surface area contributed by atoms with Gasteiger partial charge in [0.15, 0.2) is 0 Å². The summed E-state index contributed by atoms with van der Waals surface area (Å²) in [6, 6.07) is 0. The highest BCUT2D eigenvalue weighted by molar-refractivity contribution is 4.65. The first kappa shape index (κ1) is 15.6. The molecular weight excluding hydrogens is 102 g/mol. The van der Waals surface area contributed by atoms with Gasteiger partial charge in [-0.1, -0.05) is 6.08 Å². The summed E-state index contributed by atoms with van der Waals surface area (Å²) in [6.07, 6.45) is 4.01. The molecule has 3 nitrogen and oxygen atoms in total. The molecule has 3 heteroatoms. The lowest BCUT2D eigenvalue weighted by Gasteiger charge is -1.82. The minimum atomic E-state index is 0. The second-order valence-corrected chi connectivity index (χ2v) is 1.22. The summed E-state index contributed by atoms with van der Waals surface area (Å²) in [5, 5.41) is 0. The van der Waals surface area contributed by atoms with Crippen LogP contribution in [-0.4, -0.2) is 6.54 Å². The quantitative estimate of drug-likeness (QED) is 0.385. The van der Waals surface area contributed by atoms with Gasteiger partial charge >= 0.3 is 0 Å². The topological polar surface area (TPSA) is 96.0 Å². The van der Waals surface area contributed by atoms with Crippen LogP contribution in [0.4, 0.5) is 0 Å². The molecule has 52 valence electrons. The number of hydrogen-bond donors (Lipinski definition) is 3. The maximum atomic E-state index is 5.17. The van der Waals surface area contributed by atoms with Gasteiger partial charge in [0.1, 0.15) is 0 Å². The van der Waals surface area contributed by atoms with Crippen molar-refractivity contribution in [2.24, 2.45) is 5.73 Å². The van der Waals surface area contributed by atoms with Crippen molar-refractivity contribution in [2.45, 2.75) is 12.8 Å². The summed E-state index contributed by atoms with van der Waals surface area (Å²) >= 11 is 0. The van der Waals surface area contributed by atoms with Gasteiger partial charge in [-0.05, 0) is 19.4 Å². The summed E-state index contributed by atoms with van der Waals surface area (Å²) < 4.78 is 0. The highest BCUT2D eigenvalue weighted by atomic mass is 14.5. The van der Waals surface area contributed by atoms with Crippen LogP contribution in [0.3, 0.4) is 0 Å². The molecule has 0 aromatic heterocycles. The first-order valence-corrected chi connectivity index (χ1v) is 2.22. The molecule has 0 radical (unpaired) electrons. The molecule has 0 fully saturated rings. The van der Waals surface area contributed by atoms with Gasteiger partial charge in [0.25, 0.3) is 0 Å². The molecule has 0 aliphatic heterocycles. The number of hydrogen-bond acceptors (Lipinski definition) is 3. The number of unbranched alkanes of at least 4 members (excludes halogenated alkanes) is 1. The van der Waals surface area contributed by atoms with Gasteiger partial charge in [-0.15, -0.1) is 6.58 Å². The van der Waals surface area contributed by atoms with Crippen LogP contribution in [0.1, 0.15) is 12.8 Å². The highest BCUT2D eigenvalue weighted by Crippen LogP contribution is 1.82. The lowest BCUT2D eigenvalue weighted by Crippen LogP contribution is -1.96. The van der Waals surface area contributed by atoms with Crippen molar-refractivity contribution in [2.75, 3.05) is 6.54 Å². The summed E-state index contributed by atoms with van der Waals surface area (Å²) in [5.41, 5.74) is 5.17. The van der Waals surface area contributed by atoms with Crippen molar-refractivity contribution in [3.8, 4) is 0 Å². The van der Waals surface area contributed by atoms with Crippen molar-refractivity contribution in [1.29, 1.82) is 0 Å². The normalized spacial score (nSPS) is 6.12. The Morgan fingerprint density at radius 1 is 1.38 bits per heavy atom. The summed E-state index contributed by atoms with van der Waals surface area (Å²) in [6.45, 7) is 4.33. The number of nitrogens with two attached hydrogens (primary N) is 1. The Morgan fingerprint density at radius 2 is 1.88 bits per heavy atom. The predicted octanol–water partition coefficient (Wildman–Crippen LogP) is 1.24.